The van der Waals surface area contributed by atoms with Crippen LogP contribution in [0.4, 0.5) is 4.79 Å². The minimum absolute atomic E-state index is 0.524. The first-order valence-electron chi connectivity index (χ1n) is 6.10. The smallest absolute Gasteiger partial charge is 0.405 e. The summed E-state index contributed by atoms with van der Waals surface area (Å²) in [6, 6.07) is 6.29. The van der Waals surface area contributed by atoms with Crippen molar-refractivity contribution in [3.05, 3.63) is 33.8 Å². The van der Waals surface area contributed by atoms with Crippen LogP contribution >= 0.6 is 15.9 Å². The van der Waals surface area contributed by atoms with Crippen molar-refractivity contribution in [1.82, 2.24) is 0 Å². The second-order valence-electron chi connectivity index (χ2n) is 4.95. The lowest BCUT2D eigenvalue weighted by molar-refractivity contribution is 0.0394. The molecule has 3 nitrogen and oxygen atoms in total. The Balaban J connectivity index is 2.71. The molecule has 0 unspecified atom stereocenters. The van der Waals surface area contributed by atoms with Gasteiger partial charge < -0.3 is 10.5 Å². The van der Waals surface area contributed by atoms with Crippen LogP contribution in [0.5, 0.6) is 0 Å². The Morgan fingerprint density at radius 2 is 2.06 bits per heavy atom. The molecule has 100 valence electrons. The molecule has 1 aromatic rings. The molecule has 1 amide bonds. The zero-order valence-corrected chi connectivity index (χ0v) is 12.7. The van der Waals surface area contributed by atoms with E-state index in [0.29, 0.717) is 0 Å². The molecular weight excluding hydrogens is 294 g/mol. The first kappa shape index (κ1) is 15.0. The van der Waals surface area contributed by atoms with Crippen molar-refractivity contribution in [2.24, 2.45) is 5.73 Å². The lowest BCUT2D eigenvalue weighted by Gasteiger charge is -2.24. The van der Waals surface area contributed by atoms with Gasteiger partial charge in [0.15, 0.2) is 0 Å². The topological polar surface area (TPSA) is 52.3 Å². The average Bonchev–Trinajstić information content (AvgIpc) is 2.25. The van der Waals surface area contributed by atoms with E-state index in [1.165, 1.54) is 11.1 Å². The maximum Gasteiger partial charge on any atom is 0.405 e. The Morgan fingerprint density at radius 1 is 1.39 bits per heavy atom. The highest BCUT2D eigenvalue weighted by atomic mass is 79.9. The molecule has 0 spiro atoms. The standard InChI is InChI=1S/C14H20BrNO2/c1-4-10-9-12(15)6-5-11(10)7-8-14(2,3)18-13(16)17/h5-6,9H,4,7-8H2,1-3H3,(H2,16,17). The lowest BCUT2D eigenvalue weighted by atomic mass is 9.95. The van der Waals surface area contributed by atoms with E-state index in [9.17, 15) is 4.79 Å². The molecule has 0 saturated heterocycles. The van der Waals surface area contributed by atoms with Crippen LogP contribution in [0.1, 0.15) is 38.3 Å². The molecule has 0 radical (unpaired) electrons. The number of hydrogen-bond donors (Lipinski definition) is 1. The van der Waals surface area contributed by atoms with Gasteiger partial charge in [0.2, 0.25) is 0 Å². The van der Waals surface area contributed by atoms with Gasteiger partial charge in [-0.15, -0.1) is 0 Å². The zero-order valence-electron chi connectivity index (χ0n) is 11.1. The molecule has 2 N–H and O–H groups in total. The van der Waals surface area contributed by atoms with Gasteiger partial charge in [-0.1, -0.05) is 28.9 Å². The van der Waals surface area contributed by atoms with E-state index in [0.717, 1.165) is 23.7 Å². The summed E-state index contributed by atoms with van der Waals surface area (Å²) in [6.45, 7) is 5.89. The molecule has 0 bridgehead atoms. The molecule has 0 aliphatic rings. The molecule has 0 aliphatic carbocycles. The minimum atomic E-state index is -0.716. The third-order valence-corrected chi connectivity index (χ3v) is 3.42. The monoisotopic (exact) mass is 313 g/mol. The van der Waals surface area contributed by atoms with Crippen molar-refractivity contribution in [3.63, 3.8) is 0 Å². The Morgan fingerprint density at radius 3 is 2.61 bits per heavy atom. The van der Waals surface area contributed by atoms with Gasteiger partial charge in [0.05, 0.1) is 0 Å². The summed E-state index contributed by atoms with van der Waals surface area (Å²) in [6.07, 6.45) is 1.90. The van der Waals surface area contributed by atoms with Crippen LogP contribution < -0.4 is 5.73 Å². The Labute approximate surface area is 117 Å². The van der Waals surface area contributed by atoms with Crippen LogP contribution in [0.2, 0.25) is 0 Å². The highest BCUT2D eigenvalue weighted by Crippen LogP contribution is 2.22. The molecule has 0 fully saturated rings. The summed E-state index contributed by atoms with van der Waals surface area (Å²) < 4.78 is 6.18. The number of carbonyl (C=O) groups excluding carboxylic acids is 1. The predicted octanol–water partition coefficient (Wildman–Crippen LogP) is 3.82. The highest BCUT2D eigenvalue weighted by Gasteiger charge is 2.21. The molecule has 0 aliphatic heterocycles. The molecule has 1 aromatic carbocycles. The second-order valence-corrected chi connectivity index (χ2v) is 5.86. The normalized spacial score (nSPS) is 11.3. The number of benzene rings is 1. The third-order valence-electron chi connectivity index (χ3n) is 2.92. The molecule has 0 saturated carbocycles. The summed E-state index contributed by atoms with van der Waals surface area (Å²) in [5.74, 6) is 0. The summed E-state index contributed by atoms with van der Waals surface area (Å²) in [5.41, 5.74) is 7.14. The van der Waals surface area contributed by atoms with Crippen LogP contribution in [0.15, 0.2) is 22.7 Å². The van der Waals surface area contributed by atoms with E-state index in [4.69, 9.17) is 10.5 Å². The summed E-state index contributed by atoms with van der Waals surface area (Å²) in [7, 11) is 0. The van der Waals surface area contributed by atoms with Crippen molar-refractivity contribution >= 4 is 22.0 Å². The Bertz CT molecular complexity index is 430. The molecule has 0 atom stereocenters. The van der Waals surface area contributed by atoms with Gasteiger partial charge in [0.1, 0.15) is 5.60 Å². The van der Waals surface area contributed by atoms with E-state index in [-0.39, 0.29) is 0 Å². The van der Waals surface area contributed by atoms with Crippen LogP contribution in [-0.4, -0.2) is 11.7 Å². The Hall–Kier alpha value is -1.03. The number of carbonyl (C=O) groups is 1. The average molecular weight is 314 g/mol. The summed E-state index contributed by atoms with van der Waals surface area (Å²) in [5, 5.41) is 0. The first-order chi connectivity index (χ1) is 8.34. The zero-order chi connectivity index (χ0) is 13.8. The van der Waals surface area contributed by atoms with Crippen molar-refractivity contribution in [2.75, 3.05) is 0 Å². The van der Waals surface area contributed by atoms with Gasteiger partial charge in [0.25, 0.3) is 0 Å². The molecule has 0 aromatic heterocycles. The maximum absolute atomic E-state index is 10.8. The van der Waals surface area contributed by atoms with E-state index in [1.54, 1.807) is 0 Å². The fourth-order valence-electron chi connectivity index (χ4n) is 1.93. The number of aryl methyl sites for hydroxylation is 2. The maximum atomic E-state index is 10.8. The van der Waals surface area contributed by atoms with Crippen molar-refractivity contribution in [1.29, 1.82) is 0 Å². The number of primary amides is 1. The van der Waals surface area contributed by atoms with Gasteiger partial charge >= 0.3 is 6.09 Å². The quantitative estimate of drug-likeness (QED) is 0.898. The predicted molar refractivity (Wildman–Crippen MR) is 76.6 cm³/mol. The minimum Gasteiger partial charge on any atom is -0.444 e. The molecule has 4 heteroatoms. The van der Waals surface area contributed by atoms with Crippen LogP contribution in [0, 0.1) is 0 Å². The van der Waals surface area contributed by atoms with Gasteiger partial charge in [0, 0.05) is 4.47 Å². The van der Waals surface area contributed by atoms with Crippen molar-refractivity contribution < 1.29 is 9.53 Å². The van der Waals surface area contributed by atoms with Crippen LogP contribution in [0.3, 0.4) is 0 Å². The van der Waals surface area contributed by atoms with E-state index >= 15 is 0 Å². The summed E-state index contributed by atoms with van der Waals surface area (Å²) >= 11 is 3.47. The molecule has 1 rings (SSSR count). The third kappa shape index (κ3) is 4.69. The van der Waals surface area contributed by atoms with Gasteiger partial charge in [-0.25, -0.2) is 4.79 Å². The first-order valence-corrected chi connectivity index (χ1v) is 6.89. The second kappa shape index (κ2) is 6.23. The fraction of sp³-hybridized carbons (Fsp3) is 0.500. The number of amides is 1. The number of rotatable bonds is 5. The van der Waals surface area contributed by atoms with Crippen LogP contribution in [-0.2, 0) is 17.6 Å². The molecule has 0 heterocycles. The molecular formula is C14H20BrNO2. The van der Waals surface area contributed by atoms with Gasteiger partial charge in [-0.05, 0) is 56.4 Å². The van der Waals surface area contributed by atoms with Crippen LogP contribution in [0.25, 0.3) is 0 Å². The number of halogens is 1. The van der Waals surface area contributed by atoms with Gasteiger partial charge in [-0.3, -0.25) is 0 Å². The lowest BCUT2D eigenvalue weighted by Crippen LogP contribution is -2.31. The van der Waals surface area contributed by atoms with E-state index in [1.807, 2.05) is 19.9 Å². The van der Waals surface area contributed by atoms with Crippen molar-refractivity contribution in [2.45, 2.75) is 45.6 Å². The number of hydrogen-bond acceptors (Lipinski definition) is 2. The largest absolute Gasteiger partial charge is 0.444 e. The van der Waals surface area contributed by atoms with E-state index in [2.05, 4.69) is 35.0 Å². The highest BCUT2D eigenvalue weighted by molar-refractivity contribution is 9.10. The van der Waals surface area contributed by atoms with E-state index < -0.39 is 11.7 Å². The van der Waals surface area contributed by atoms with Gasteiger partial charge in [-0.2, -0.15) is 0 Å². The fourth-order valence-corrected chi connectivity index (χ4v) is 2.34. The number of nitrogens with two attached hydrogens (primary N) is 1. The SMILES string of the molecule is CCc1cc(Br)ccc1CCC(C)(C)OC(N)=O. The summed E-state index contributed by atoms with van der Waals surface area (Å²) in [4.78, 5) is 10.8. The van der Waals surface area contributed by atoms with Crippen molar-refractivity contribution in [3.8, 4) is 0 Å². The Kier molecular flexibility index (Phi) is 5.20. The number of ether oxygens (including phenoxy) is 1. The molecule has 18 heavy (non-hydrogen) atoms.